The largest absolute Gasteiger partial charge is 0.399 e. The Kier molecular flexibility index (Phi) is 3.30. The first-order valence-corrected chi connectivity index (χ1v) is 5.15. The maximum absolute atomic E-state index is 11.7. The van der Waals surface area contributed by atoms with Crippen molar-refractivity contribution in [3.63, 3.8) is 0 Å². The summed E-state index contributed by atoms with van der Waals surface area (Å²) in [7, 11) is 0. The van der Waals surface area contributed by atoms with Gasteiger partial charge < -0.3 is 5.73 Å². The lowest BCUT2D eigenvalue weighted by molar-refractivity contribution is -0.115. The number of amides is 1. The third-order valence-corrected chi connectivity index (χ3v) is 2.13. The summed E-state index contributed by atoms with van der Waals surface area (Å²) in [5, 5.41) is 2.61. The number of anilines is 2. The third-order valence-electron chi connectivity index (χ3n) is 2.13. The minimum Gasteiger partial charge on any atom is -0.399 e. The molecule has 0 saturated carbocycles. The highest BCUT2D eigenvalue weighted by atomic mass is 16.1. The zero-order chi connectivity index (χ0) is 12.1. The third kappa shape index (κ3) is 3.27. The molecule has 1 aromatic carbocycles. The molecule has 0 fully saturated rings. The van der Waals surface area contributed by atoms with E-state index in [1.807, 2.05) is 12.1 Å². The maximum Gasteiger partial charge on any atom is 0.231 e. The van der Waals surface area contributed by atoms with E-state index in [2.05, 4.69) is 15.3 Å². The Labute approximate surface area is 98.7 Å². The molecule has 5 heteroatoms. The van der Waals surface area contributed by atoms with E-state index in [-0.39, 0.29) is 12.3 Å². The lowest BCUT2D eigenvalue weighted by atomic mass is 10.1. The second kappa shape index (κ2) is 5.07. The zero-order valence-electron chi connectivity index (χ0n) is 9.13. The van der Waals surface area contributed by atoms with Crippen LogP contribution in [0.1, 0.15) is 5.56 Å². The molecule has 1 aromatic heterocycles. The molecule has 0 spiro atoms. The van der Waals surface area contributed by atoms with Gasteiger partial charge in [0.2, 0.25) is 11.9 Å². The van der Waals surface area contributed by atoms with Crippen LogP contribution in [0.3, 0.4) is 0 Å². The monoisotopic (exact) mass is 228 g/mol. The number of rotatable bonds is 3. The standard InChI is InChI=1S/C12H12N4O/c13-10-4-1-3-9(7-10)8-11(17)16-12-14-5-2-6-15-12/h1-7H,8,13H2,(H,14,15,16,17). The first-order chi connectivity index (χ1) is 8.24. The molecule has 0 unspecified atom stereocenters. The lowest BCUT2D eigenvalue weighted by Crippen LogP contribution is -2.16. The highest BCUT2D eigenvalue weighted by Gasteiger charge is 2.05. The molecule has 17 heavy (non-hydrogen) atoms. The molecule has 1 heterocycles. The smallest absolute Gasteiger partial charge is 0.231 e. The van der Waals surface area contributed by atoms with Crippen LogP contribution in [0.5, 0.6) is 0 Å². The van der Waals surface area contributed by atoms with Crippen molar-refractivity contribution in [1.82, 2.24) is 9.97 Å². The van der Waals surface area contributed by atoms with Crippen LogP contribution in [0.2, 0.25) is 0 Å². The number of carbonyl (C=O) groups excluding carboxylic acids is 1. The van der Waals surface area contributed by atoms with Crippen molar-refractivity contribution in [3.8, 4) is 0 Å². The summed E-state index contributed by atoms with van der Waals surface area (Å²) in [6.45, 7) is 0. The quantitative estimate of drug-likeness (QED) is 0.774. The van der Waals surface area contributed by atoms with Crippen molar-refractivity contribution >= 4 is 17.5 Å². The number of hydrogen-bond donors (Lipinski definition) is 2. The van der Waals surface area contributed by atoms with Gasteiger partial charge in [0.25, 0.3) is 0 Å². The van der Waals surface area contributed by atoms with E-state index in [0.29, 0.717) is 11.6 Å². The summed E-state index contributed by atoms with van der Waals surface area (Å²) in [4.78, 5) is 19.5. The molecule has 2 rings (SSSR count). The summed E-state index contributed by atoms with van der Waals surface area (Å²) in [6, 6.07) is 8.90. The summed E-state index contributed by atoms with van der Waals surface area (Å²) in [6.07, 6.45) is 3.40. The molecule has 0 aliphatic carbocycles. The second-order valence-electron chi connectivity index (χ2n) is 3.54. The van der Waals surface area contributed by atoms with Gasteiger partial charge in [-0.15, -0.1) is 0 Å². The molecule has 3 N–H and O–H groups in total. The van der Waals surface area contributed by atoms with Gasteiger partial charge in [-0.25, -0.2) is 9.97 Å². The summed E-state index contributed by atoms with van der Waals surface area (Å²) >= 11 is 0. The topological polar surface area (TPSA) is 80.9 Å². The molecular weight excluding hydrogens is 216 g/mol. The van der Waals surface area contributed by atoms with E-state index in [4.69, 9.17) is 5.73 Å². The molecule has 0 saturated heterocycles. The Balaban J connectivity index is 1.98. The van der Waals surface area contributed by atoms with E-state index >= 15 is 0 Å². The molecular formula is C12H12N4O. The van der Waals surface area contributed by atoms with Gasteiger partial charge in [0.1, 0.15) is 0 Å². The average molecular weight is 228 g/mol. The number of benzene rings is 1. The SMILES string of the molecule is Nc1cccc(CC(=O)Nc2ncccn2)c1. The van der Waals surface area contributed by atoms with E-state index in [1.165, 1.54) is 0 Å². The number of aromatic nitrogens is 2. The lowest BCUT2D eigenvalue weighted by Gasteiger charge is -2.03. The minimum absolute atomic E-state index is 0.165. The summed E-state index contributed by atoms with van der Waals surface area (Å²) in [5.41, 5.74) is 7.13. The fourth-order valence-corrected chi connectivity index (χ4v) is 1.42. The Morgan fingerprint density at radius 2 is 2.00 bits per heavy atom. The molecule has 86 valence electrons. The minimum atomic E-state index is -0.165. The van der Waals surface area contributed by atoms with Crippen LogP contribution in [-0.4, -0.2) is 15.9 Å². The Bertz CT molecular complexity index is 513. The number of nitrogens with two attached hydrogens (primary N) is 1. The molecule has 1 amide bonds. The fourth-order valence-electron chi connectivity index (χ4n) is 1.42. The van der Waals surface area contributed by atoms with Crippen LogP contribution >= 0.6 is 0 Å². The fraction of sp³-hybridized carbons (Fsp3) is 0.0833. The van der Waals surface area contributed by atoms with Gasteiger partial charge >= 0.3 is 0 Å². The van der Waals surface area contributed by atoms with Crippen LogP contribution < -0.4 is 11.1 Å². The maximum atomic E-state index is 11.7. The molecule has 0 aliphatic rings. The Morgan fingerprint density at radius 1 is 1.24 bits per heavy atom. The number of carbonyl (C=O) groups is 1. The predicted molar refractivity (Wildman–Crippen MR) is 65.2 cm³/mol. The van der Waals surface area contributed by atoms with Gasteiger partial charge in [-0.2, -0.15) is 0 Å². The molecule has 2 aromatic rings. The van der Waals surface area contributed by atoms with Crippen LogP contribution in [0.4, 0.5) is 11.6 Å². The van der Waals surface area contributed by atoms with Gasteiger partial charge in [0, 0.05) is 18.1 Å². The molecule has 0 radical (unpaired) electrons. The van der Waals surface area contributed by atoms with Crippen LogP contribution in [0.25, 0.3) is 0 Å². The average Bonchev–Trinajstić information content (AvgIpc) is 2.30. The van der Waals surface area contributed by atoms with Gasteiger partial charge in [-0.3, -0.25) is 10.1 Å². The number of nitrogens with zero attached hydrogens (tertiary/aromatic N) is 2. The van der Waals surface area contributed by atoms with E-state index < -0.39 is 0 Å². The van der Waals surface area contributed by atoms with Crippen molar-refractivity contribution in [3.05, 3.63) is 48.3 Å². The van der Waals surface area contributed by atoms with Crippen molar-refractivity contribution in [2.75, 3.05) is 11.1 Å². The first kappa shape index (κ1) is 11.1. The van der Waals surface area contributed by atoms with E-state index in [0.717, 1.165) is 5.56 Å². The van der Waals surface area contributed by atoms with Crippen LogP contribution in [-0.2, 0) is 11.2 Å². The van der Waals surface area contributed by atoms with Crippen molar-refractivity contribution in [2.45, 2.75) is 6.42 Å². The second-order valence-corrected chi connectivity index (χ2v) is 3.54. The number of nitrogens with one attached hydrogen (secondary N) is 1. The number of hydrogen-bond acceptors (Lipinski definition) is 4. The number of nitrogen functional groups attached to an aromatic ring is 1. The highest BCUT2D eigenvalue weighted by molar-refractivity contribution is 5.90. The normalized spacial score (nSPS) is 9.88. The predicted octanol–water partition coefficient (Wildman–Crippen LogP) is 1.24. The van der Waals surface area contributed by atoms with Gasteiger partial charge in [-0.1, -0.05) is 12.1 Å². The summed E-state index contributed by atoms with van der Waals surface area (Å²) in [5.74, 6) is 0.142. The van der Waals surface area contributed by atoms with Crippen molar-refractivity contribution in [1.29, 1.82) is 0 Å². The molecule has 5 nitrogen and oxygen atoms in total. The van der Waals surface area contributed by atoms with Gasteiger partial charge in [-0.05, 0) is 23.8 Å². The van der Waals surface area contributed by atoms with E-state index in [1.54, 1.807) is 30.6 Å². The molecule has 0 aliphatic heterocycles. The van der Waals surface area contributed by atoms with Crippen LogP contribution in [0, 0.1) is 0 Å². The van der Waals surface area contributed by atoms with Crippen molar-refractivity contribution < 1.29 is 4.79 Å². The molecule has 0 bridgehead atoms. The summed E-state index contributed by atoms with van der Waals surface area (Å²) < 4.78 is 0. The Morgan fingerprint density at radius 3 is 2.71 bits per heavy atom. The van der Waals surface area contributed by atoms with E-state index in [9.17, 15) is 4.79 Å². The zero-order valence-corrected chi connectivity index (χ0v) is 9.13. The first-order valence-electron chi connectivity index (χ1n) is 5.15. The van der Waals surface area contributed by atoms with Crippen molar-refractivity contribution in [2.24, 2.45) is 0 Å². The Hall–Kier alpha value is -2.43. The van der Waals surface area contributed by atoms with Crippen LogP contribution in [0.15, 0.2) is 42.7 Å². The van der Waals surface area contributed by atoms with Gasteiger partial charge in [0.15, 0.2) is 0 Å². The molecule has 0 atom stereocenters. The van der Waals surface area contributed by atoms with Gasteiger partial charge in [0.05, 0.1) is 6.42 Å². The highest BCUT2D eigenvalue weighted by Crippen LogP contribution is 2.07.